The predicted octanol–water partition coefficient (Wildman–Crippen LogP) is -5.38. The molecule has 0 fully saturated rings. The van der Waals surface area contributed by atoms with Crippen LogP contribution in [0.2, 0.25) is 0 Å². The molecule has 0 unspecified atom stereocenters. The normalized spacial score (nSPS) is 10.1. The quantitative estimate of drug-likeness (QED) is 0.358. The molecule has 0 amide bonds. The Morgan fingerprint density at radius 2 is 1.07 bits per heavy atom. The predicted molar refractivity (Wildman–Crippen MR) is 82.2 cm³/mol. The maximum absolute atomic E-state index is 11.0. The van der Waals surface area contributed by atoms with Crippen molar-refractivity contribution in [1.82, 2.24) is 0 Å². The molecule has 27 heavy (non-hydrogen) atoms. The molecule has 0 radical (unpaired) electrons. The van der Waals surface area contributed by atoms with Crippen LogP contribution in [0.25, 0.3) is 0 Å². The monoisotopic (exact) mass is 380 g/mol. The second-order valence-corrected chi connectivity index (χ2v) is 5.54. The largest absolute Gasteiger partial charge is 0.548 e. The van der Waals surface area contributed by atoms with Gasteiger partial charge in [-0.1, -0.05) is 0 Å². The molecular weight excluding hydrogens is 364 g/mol. The minimum absolute atomic E-state index is 0.0254. The average Bonchev–Trinajstić information content (AvgIpc) is 2.51. The van der Waals surface area contributed by atoms with Crippen LogP contribution in [0.5, 0.6) is 5.75 Å². The summed E-state index contributed by atoms with van der Waals surface area (Å²) < 4.78 is 5.18. The zero-order valence-electron chi connectivity index (χ0n) is 14.6. The third-order valence-corrected chi connectivity index (χ3v) is 3.36. The number of ether oxygens (including phenoxy) is 1. The van der Waals surface area contributed by atoms with Crippen LogP contribution in [0.15, 0.2) is 12.1 Å². The summed E-state index contributed by atoms with van der Waals surface area (Å²) in [5.41, 5.74) is 0.398. The molecule has 1 aromatic rings. The van der Waals surface area contributed by atoms with Gasteiger partial charge in [-0.25, -0.2) is 0 Å². The lowest BCUT2D eigenvalue weighted by atomic mass is 10.1. The first-order chi connectivity index (χ1) is 12.5. The number of rotatable bonds is 11. The topological polar surface area (TPSA) is 176 Å². The molecule has 0 saturated carbocycles. The summed E-state index contributed by atoms with van der Waals surface area (Å²) in [4.78, 5) is 45.6. The fraction of sp³-hybridized carbons (Fsp3) is 0.375. The molecule has 0 spiro atoms. The number of anilines is 2. The number of carboxylic acid groups (broad SMARTS) is 4. The van der Waals surface area contributed by atoms with Gasteiger partial charge in [0.05, 0.1) is 68.5 Å². The molecule has 0 bridgehead atoms. The zero-order valence-corrected chi connectivity index (χ0v) is 14.6. The molecule has 0 aliphatic carbocycles. The summed E-state index contributed by atoms with van der Waals surface area (Å²) in [6.07, 6.45) is 0. The fourth-order valence-corrected chi connectivity index (χ4v) is 2.49. The van der Waals surface area contributed by atoms with Gasteiger partial charge >= 0.3 is 0 Å². The smallest absolute Gasteiger partial charge is 0.165 e. The highest BCUT2D eigenvalue weighted by Gasteiger charge is 2.21. The highest BCUT2D eigenvalue weighted by molar-refractivity contribution is 5.85. The highest BCUT2D eigenvalue weighted by atomic mass is 16.5. The lowest BCUT2D eigenvalue weighted by Crippen LogP contribution is -2.45. The second-order valence-electron chi connectivity index (χ2n) is 5.54. The van der Waals surface area contributed by atoms with Crippen LogP contribution >= 0.6 is 0 Å². The van der Waals surface area contributed by atoms with Crippen molar-refractivity contribution in [2.24, 2.45) is 0 Å². The molecule has 0 aliphatic heterocycles. The summed E-state index contributed by atoms with van der Waals surface area (Å²) in [6.45, 7) is -1.75. The molecule has 1 aromatic carbocycles. The van der Waals surface area contributed by atoms with Gasteiger partial charge in [0, 0.05) is 0 Å². The van der Waals surface area contributed by atoms with Crippen LogP contribution in [0.3, 0.4) is 0 Å². The van der Waals surface area contributed by atoms with Gasteiger partial charge in [0.2, 0.25) is 0 Å². The molecule has 0 aliphatic rings. The van der Waals surface area contributed by atoms with Crippen molar-refractivity contribution in [1.29, 1.82) is 0 Å². The lowest BCUT2D eigenvalue weighted by molar-refractivity contribution is -0.307. The average molecular weight is 380 g/mol. The van der Waals surface area contributed by atoms with Gasteiger partial charge in [-0.2, -0.15) is 0 Å². The van der Waals surface area contributed by atoms with Gasteiger partial charge in [-0.05, 0) is 24.6 Å². The van der Waals surface area contributed by atoms with E-state index in [4.69, 9.17) is 4.74 Å². The van der Waals surface area contributed by atoms with Crippen LogP contribution in [-0.4, -0.2) is 57.2 Å². The van der Waals surface area contributed by atoms with E-state index in [0.717, 1.165) is 9.80 Å². The Kier molecular flexibility index (Phi) is 7.39. The minimum Gasteiger partial charge on any atom is -0.548 e. The van der Waals surface area contributed by atoms with Crippen LogP contribution in [0, 0.1) is 6.92 Å². The Morgan fingerprint density at radius 1 is 0.778 bits per heavy atom. The van der Waals surface area contributed by atoms with Crippen molar-refractivity contribution in [3.05, 3.63) is 17.7 Å². The third-order valence-electron chi connectivity index (χ3n) is 3.36. The van der Waals surface area contributed by atoms with E-state index in [1.807, 2.05) is 0 Å². The van der Waals surface area contributed by atoms with Gasteiger partial charge in [0.15, 0.2) is 5.75 Å². The molecule has 11 heteroatoms. The van der Waals surface area contributed by atoms with Crippen molar-refractivity contribution in [2.45, 2.75) is 6.92 Å². The van der Waals surface area contributed by atoms with E-state index in [-0.39, 0.29) is 17.1 Å². The van der Waals surface area contributed by atoms with Gasteiger partial charge in [-0.15, -0.1) is 0 Å². The first-order valence-corrected chi connectivity index (χ1v) is 7.53. The van der Waals surface area contributed by atoms with E-state index < -0.39 is 50.1 Å². The number of carbonyl (C=O) groups excluding carboxylic acids is 4. The van der Waals surface area contributed by atoms with Crippen molar-refractivity contribution in [3.63, 3.8) is 0 Å². The molecule has 1 rings (SSSR count). The van der Waals surface area contributed by atoms with Crippen LogP contribution in [0.1, 0.15) is 5.56 Å². The standard InChI is InChI=1S/C16H20N2O9/c1-9-3-10(17(5-12(19)20)6-13(21)22)16(27-2)11(4-9)18(7-14(23)24)8-15(25)26/h3-4H,5-8H2,1-2H3,(H,19,20)(H,21,22)(H,23,24)(H,25,26)/p-4. The Hall–Kier alpha value is -3.50. The SMILES string of the molecule is COc1c(N(CC(=O)[O-])CC(=O)[O-])cc(C)cc1N(CC(=O)[O-])CC(=O)[O-]. The number of hydrogen-bond donors (Lipinski definition) is 0. The first-order valence-electron chi connectivity index (χ1n) is 7.53. The number of carboxylic acids is 4. The van der Waals surface area contributed by atoms with Crippen molar-refractivity contribution < 1.29 is 44.3 Å². The molecule has 0 N–H and O–H groups in total. The van der Waals surface area contributed by atoms with Gasteiger partial charge < -0.3 is 54.1 Å². The lowest BCUT2D eigenvalue weighted by Gasteiger charge is -2.32. The van der Waals surface area contributed by atoms with Crippen LogP contribution < -0.4 is 35.0 Å². The van der Waals surface area contributed by atoms with Crippen LogP contribution in [0.4, 0.5) is 11.4 Å². The molecule has 11 nitrogen and oxygen atoms in total. The van der Waals surface area contributed by atoms with Crippen molar-refractivity contribution >= 4 is 35.3 Å². The summed E-state index contributed by atoms with van der Waals surface area (Å²) in [5.74, 6) is -6.46. The van der Waals surface area contributed by atoms with Gasteiger partial charge in [-0.3, -0.25) is 0 Å². The highest BCUT2D eigenvalue weighted by Crippen LogP contribution is 2.39. The van der Waals surface area contributed by atoms with E-state index in [0.29, 0.717) is 5.56 Å². The van der Waals surface area contributed by atoms with Crippen molar-refractivity contribution in [3.8, 4) is 5.75 Å². The maximum Gasteiger partial charge on any atom is 0.165 e. The molecule has 148 valence electrons. The van der Waals surface area contributed by atoms with E-state index in [1.54, 1.807) is 6.92 Å². The Morgan fingerprint density at radius 3 is 1.30 bits per heavy atom. The minimum atomic E-state index is -1.58. The summed E-state index contributed by atoms with van der Waals surface area (Å²) in [6, 6.07) is 2.79. The van der Waals surface area contributed by atoms with Crippen LogP contribution in [-0.2, 0) is 19.2 Å². The second kappa shape index (κ2) is 9.27. The van der Waals surface area contributed by atoms with Gasteiger partial charge in [0.1, 0.15) is 0 Å². The summed E-state index contributed by atoms with van der Waals surface area (Å²) >= 11 is 0. The van der Waals surface area contributed by atoms with E-state index in [2.05, 4.69) is 0 Å². The number of carbonyl (C=O) groups is 4. The van der Waals surface area contributed by atoms with E-state index >= 15 is 0 Å². The Bertz CT molecular complexity index is 658. The number of aliphatic carboxylic acids is 4. The number of aryl methyl sites for hydroxylation is 1. The molecule has 0 heterocycles. The van der Waals surface area contributed by atoms with E-state index in [1.165, 1.54) is 19.2 Å². The molecule has 0 aromatic heterocycles. The maximum atomic E-state index is 11.0. The zero-order chi connectivity index (χ0) is 20.7. The fourth-order valence-electron chi connectivity index (χ4n) is 2.49. The Balaban J connectivity index is 3.57. The summed E-state index contributed by atoms with van der Waals surface area (Å²) in [5, 5.41) is 43.9. The first kappa shape index (κ1) is 21.5. The number of hydrogen-bond acceptors (Lipinski definition) is 11. The number of nitrogens with zero attached hydrogens (tertiary/aromatic N) is 2. The van der Waals surface area contributed by atoms with E-state index in [9.17, 15) is 39.6 Å². The Labute approximate surface area is 154 Å². The molecule has 0 atom stereocenters. The number of benzene rings is 1. The molecule has 0 saturated heterocycles. The van der Waals surface area contributed by atoms with Crippen molar-refractivity contribution in [2.75, 3.05) is 43.1 Å². The number of methoxy groups -OCH3 is 1. The van der Waals surface area contributed by atoms with Gasteiger partial charge in [0.25, 0.3) is 0 Å². The third kappa shape index (κ3) is 6.38. The summed E-state index contributed by atoms with van der Waals surface area (Å²) in [7, 11) is 1.17. The molecular formula is C16H16N2O9-4.